The maximum Gasteiger partial charge on any atom is 0.333 e. The van der Waals surface area contributed by atoms with Gasteiger partial charge in [0.15, 0.2) is 11.0 Å². The zero-order chi connectivity index (χ0) is 44.7. The summed E-state index contributed by atoms with van der Waals surface area (Å²) in [6.07, 6.45) is 11.8. The Bertz CT molecular complexity index is 2600. The van der Waals surface area contributed by atoms with Gasteiger partial charge in [-0.2, -0.15) is 8.42 Å². The fourth-order valence-corrected chi connectivity index (χ4v) is 9.03. The van der Waals surface area contributed by atoms with Gasteiger partial charge in [0.1, 0.15) is 0 Å². The Morgan fingerprint density at radius 3 is 2.27 bits per heavy atom. The lowest BCUT2D eigenvalue weighted by molar-refractivity contribution is -0.673. The van der Waals surface area contributed by atoms with Crippen molar-refractivity contribution in [2.75, 3.05) is 34.9 Å². The Hall–Kier alpha value is -5.62. The largest absolute Gasteiger partial charge is 0.748 e. The van der Waals surface area contributed by atoms with E-state index in [0.29, 0.717) is 44.0 Å². The molecular formula is C45H53N5O10S2. The van der Waals surface area contributed by atoms with Gasteiger partial charge in [-0.05, 0) is 79.8 Å². The standard InChI is InChI=1S/C45H53N5O10S2/c1-45(2)36-33-35(46(3)34-17-7-4-8-18-34)24-25-37(36)47(29-15-31-61(54,55)56)40(45)21-9-5-10-22-41-48(28-14-6-11-23-44(53)60-50-42(51)26-27-43(50)52)38-19-12-13-20-39(38)49(41)30-16-32-62(57,58)59/h4-5,7-10,12-13,17-22,24-25,33H,6,11,14-16,23,26-32H2,1-3H3,(H-,54,55,56,57,58,59). The molecule has 0 radical (unpaired) electrons. The van der Waals surface area contributed by atoms with Crippen molar-refractivity contribution in [3.63, 3.8) is 0 Å². The molecule has 17 heteroatoms. The van der Waals surface area contributed by atoms with E-state index in [1.807, 2.05) is 109 Å². The number of hydrogen-bond donors (Lipinski definition) is 1. The quantitative estimate of drug-likeness (QED) is 0.0342. The molecule has 4 aromatic rings. The van der Waals surface area contributed by atoms with Crippen LogP contribution in [-0.4, -0.2) is 78.5 Å². The minimum Gasteiger partial charge on any atom is -0.748 e. The van der Waals surface area contributed by atoms with Crippen molar-refractivity contribution in [1.29, 1.82) is 0 Å². The summed E-state index contributed by atoms with van der Waals surface area (Å²) in [5.41, 5.74) is 6.22. The van der Waals surface area contributed by atoms with Crippen LogP contribution in [0.4, 0.5) is 17.1 Å². The highest BCUT2D eigenvalue weighted by Gasteiger charge is 2.40. The molecule has 0 bridgehead atoms. The topological polar surface area (TPSA) is 191 Å². The van der Waals surface area contributed by atoms with Crippen LogP contribution >= 0.6 is 0 Å². The summed E-state index contributed by atoms with van der Waals surface area (Å²) in [4.78, 5) is 45.2. The van der Waals surface area contributed by atoms with E-state index in [2.05, 4.69) is 34.3 Å². The van der Waals surface area contributed by atoms with Crippen molar-refractivity contribution in [3.05, 3.63) is 114 Å². The van der Waals surface area contributed by atoms with E-state index in [1.165, 1.54) is 0 Å². The van der Waals surface area contributed by atoms with Crippen LogP contribution in [0.5, 0.6) is 0 Å². The fraction of sp³-hybridized carbons (Fsp3) is 0.378. The van der Waals surface area contributed by atoms with Gasteiger partial charge in [-0.1, -0.05) is 62.4 Å². The second-order valence-corrected chi connectivity index (χ2v) is 19.0. The first kappa shape index (κ1) is 45.9. The Morgan fingerprint density at radius 2 is 1.56 bits per heavy atom. The van der Waals surface area contributed by atoms with Crippen molar-refractivity contribution in [3.8, 4) is 0 Å². The number of hydrogen-bond acceptors (Lipinski definition) is 11. The molecule has 0 spiro atoms. The van der Waals surface area contributed by atoms with Gasteiger partial charge >= 0.3 is 5.97 Å². The van der Waals surface area contributed by atoms with E-state index < -0.39 is 54.9 Å². The van der Waals surface area contributed by atoms with Crippen LogP contribution < -0.4 is 14.4 Å². The highest BCUT2D eigenvalue weighted by atomic mass is 32.2. The average molecular weight is 888 g/mol. The Kier molecular flexibility index (Phi) is 14.5. The Balaban J connectivity index is 1.24. The number of nitrogens with zero attached hydrogens (tertiary/aromatic N) is 5. The number of fused-ring (bicyclic) bond motifs is 2. The number of imidazole rings is 1. The number of carbonyl (C=O) groups is 3. The fourth-order valence-electron chi connectivity index (χ4n) is 8.06. The number of aryl methyl sites for hydroxylation is 2. The molecule has 0 saturated carbocycles. The third-order valence-electron chi connectivity index (χ3n) is 11.2. The number of para-hydroxylation sites is 3. The molecule has 1 aromatic heterocycles. The number of carbonyl (C=O) groups excluding carboxylic acids is 3. The van der Waals surface area contributed by atoms with E-state index in [9.17, 15) is 40.3 Å². The number of hydroxylamine groups is 2. The van der Waals surface area contributed by atoms with E-state index in [4.69, 9.17) is 4.84 Å². The summed E-state index contributed by atoms with van der Waals surface area (Å²) < 4.78 is 71.6. The molecule has 15 nitrogen and oxygen atoms in total. The molecule has 2 amide bonds. The number of rotatable bonds is 20. The van der Waals surface area contributed by atoms with Gasteiger partial charge in [-0.25, -0.2) is 22.3 Å². The second-order valence-electron chi connectivity index (χ2n) is 15.9. The molecule has 2 aliphatic heterocycles. The third-order valence-corrected chi connectivity index (χ3v) is 12.8. The molecule has 1 fully saturated rings. The zero-order valence-corrected chi connectivity index (χ0v) is 36.8. The van der Waals surface area contributed by atoms with Gasteiger partial charge < -0.3 is 19.2 Å². The molecule has 1 saturated heterocycles. The first-order valence-corrected chi connectivity index (χ1v) is 23.9. The van der Waals surface area contributed by atoms with Crippen LogP contribution in [0.25, 0.3) is 17.1 Å². The summed E-state index contributed by atoms with van der Waals surface area (Å²) in [7, 11) is -6.58. The van der Waals surface area contributed by atoms with Gasteiger partial charge in [0.05, 0.1) is 29.0 Å². The van der Waals surface area contributed by atoms with Crippen LogP contribution in [0.1, 0.15) is 76.6 Å². The molecule has 0 aliphatic carbocycles. The molecule has 3 heterocycles. The number of allylic oxidation sites excluding steroid dienone is 5. The Labute approximate surface area is 363 Å². The third kappa shape index (κ3) is 11.2. The number of unbranched alkanes of at least 4 members (excludes halogenated alkanes) is 2. The predicted octanol–water partition coefficient (Wildman–Crippen LogP) is 6.33. The van der Waals surface area contributed by atoms with Crippen molar-refractivity contribution >= 4 is 72.2 Å². The molecule has 0 unspecified atom stereocenters. The van der Waals surface area contributed by atoms with Gasteiger partial charge in [0, 0.05) is 79.3 Å². The molecule has 3 aromatic carbocycles. The summed E-state index contributed by atoms with van der Waals surface area (Å²) in [5, 5.41) is 0.551. The normalized spacial score (nSPS) is 16.1. The lowest BCUT2D eigenvalue weighted by atomic mass is 9.83. The molecule has 2 aliphatic rings. The minimum atomic E-state index is -4.40. The second kappa shape index (κ2) is 19.6. The number of imide groups is 1. The van der Waals surface area contributed by atoms with Crippen LogP contribution in [0.2, 0.25) is 0 Å². The highest BCUT2D eigenvalue weighted by molar-refractivity contribution is 7.85. The number of aromatic nitrogens is 2. The van der Waals surface area contributed by atoms with Crippen molar-refractivity contribution in [2.24, 2.45) is 0 Å². The first-order chi connectivity index (χ1) is 29.4. The van der Waals surface area contributed by atoms with Gasteiger partial charge in [0.25, 0.3) is 27.8 Å². The maximum absolute atomic E-state index is 12.4. The molecular weight excluding hydrogens is 835 g/mol. The zero-order valence-electron chi connectivity index (χ0n) is 35.2. The summed E-state index contributed by atoms with van der Waals surface area (Å²) in [6, 6.07) is 23.9. The van der Waals surface area contributed by atoms with Crippen LogP contribution in [0.15, 0.2) is 103 Å². The van der Waals surface area contributed by atoms with Crippen molar-refractivity contribution in [1.82, 2.24) is 9.63 Å². The predicted molar refractivity (Wildman–Crippen MR) is 236 cm³/mol. The summed E-state index contributed by atoms with van der Waals surface area (Å²) >= 11 is 0. The van der Waals surface area contributed by atoms with Gasteiger partial charge in [0.2, 0.25) is 0 Å². The lowest BCUT2D eigenvalue weighted by Crippen LogP contribution is -2.37. The molecule has 1 N–H and O–H groups in total. The van der Waals surface area contributed by atoms with Crippen LogP contribution in [0.3, 0.4) is 0 Å². The van der Waals surface area contributed by atoms with E-state index in [1.54, 1.807) is 0 Å². The molecule has 330 valence electrons. The van der Waals surface area contributed by atoms with E-state index in [0.717, 1.165) is 45.2 Å². The van der Waals surface area contributed by atoms with Gasteiger partial charge in [-0.15, -0.1) is 5.06 Å². The van der Waals surface area contributed by atoms with Crippen molar-refractivity contribution in [2.45, 2.75) is 83.7 Å². The number of anilines is 3. The van der Waals surface area contributed by atoms with Crippen LogP contribution in [0, 0.1) is 0 Å². The highest BCUT2D eigenvalue weighted by Crippen LogP contribution is 2.49. The van der Waals surface area contributed by atoms with Crippen LogP contribution in [-0.2, 0) is 58.0 Å². The Morgan fingerprint density at radius 1 is 0.855 bits per heavy atom. The molecule has 62 heavy (non-hydrogen) atoms. The first-order valence-electron chi connectivity index (χ1n) is 20.7. The lowest BCUT2D eigenvalue weighted by Gasteiger charge is -2.27. The maximum atomic E-state index is 12.4. The average Bonchev–Trinajstić information content (AvgIpc) is 3.77. The summed E-state index contributed by atoms with van der Waals surface area (Å²) in [5.74, 6) is -1.79. The molecule has 0 atom stereocenters. The minimum absolute atomic E-state index is 0.0254. The SMILES string of the molecule is CN(c1ccccc1)c1ccc2c(c1)C(C)(C)\C(=C/C=C/C=C/c1n(CCCCCC(=O)ON3C(=O)CCC3=O)c3ccccc3[n+]1CCCS(=O)(=O)O)N2CCCS(=O)(=O)[O-]. The monoisotopic (exact) mass is 887 g/mol. The smallest absolute Gasteiger partial charge is 0.333 e. The van der Waals surface area contributed by atoms with E-state index in [-0.39, 0.29) is 32.1 Å². The van der Waals surface area contributed by atoms with Gasteiger partial charge in [-0.3, -0.25) is 14.1 Å². The molecule has 6 rings (SSSR count). The number of amides is 2. The summed E-state index contributed by atoms with van der Waals surface area (Å²) in [6.45, 7) is 5.42. The van der Waals surface area contributed by atoms with Crippen molar-refractivity contribution < 1.29 is 49.7 Å². The van der Waals surface area contributed by atoms with E-state index >= 15 is 0 Å². The number of benzene rings is 3.